The number of fused-ring (bicyclic) bond motifs is 1. The maximum absolute atomic E-state index is 13.3. The van der Waals surface area contributed by atoms with Gasteiger partial charge >= 0.3 is 12.2 Å². The number of hydrogen-bond donors (Lipinski definition) is 4. The summed E-state index contributed by atoms with van der Waals surface area (Å²) in [5.74, 6) is -0.00499. The number of rotatable bonds is 6. The number of likely N-dealkylation sites (N-methyl/N-ethyl adjacent to an activating group) is 1. The lowest BCUT2D eigenvalue weighted by molar-refractivity contribution is -0.137. The molecule has 3 rings (SSSR count). The Kier molecular flexibility index (Phi) is 8.23. The predicted molar refractivity (Wildman–Crippen MR) is 126 cm³/mol. The summed E-state index contributed by atoms with van der Waals surface area (Å²) in [4.78, 5) is 27.3. The number of carbonyl (C=O) groups is 2. The zero-order valence-electron chi connectivity index (χ0n) is 19.6. The van der Waals surface area contributed by atoms with Crippen molar-refractivity contribution in [2.24, 2.45) is 5.92 Å². The number of nitrogens with one attached hydrogen (secondary N) is 3. The highest BCUT2D eigenvalue weighted by atomic mass is 19.4. The summed E-state index contributed by atoms with van der Waals surface area (Å²) in [6.45, 7) is 4.43. The van der Waals surface area contributed by atoms with Crippen LogP contribution in [0.2, 0.25) is 0 Å². The molecule has 0 spiro atoms. The molecule has 2 aromatic carbocycles. The summed E-state index contributed by atoms with van der Waals surface area (Å²) in [6, 6.07) is 7.57. The number of anilines is 2. The van der Waals surface area contributed by atoms with Crippen molar-refractivity contribution in [1.82, 2.24) is 10.2 Å². The molecule has 4 N–H and O–H groups in total. The first kappa shape index (κ1) is 26.3. The summed E-state index contributed by atoms with van der Waals surface area (Å²) in [6.07, 6.45) is -4.70. The van der Waals surface area contributed by atoms with Crippen LogP contribution < -0.4 is 20.7 Å². The van der Waals surface area contributed by atoms with Crippen LogP contribution in [0.1, 0.15) is 29.8 Å². The average molecular weight is 495 g/mol. The highest BCUT2D eigenvalue weighted by molar-refractivity contribution is 6.02. The SMILES string of the molecule is CNC[C@H]1Oc2ccc(NC(=O)Nc3ccc(C(F)(F)F)cc3)cc2C(=O)N([C@H](C)CO)C[C@@H]1C. The van der Waals surface area contributed by atoms with Crippen molar-refractivity contribution in [3.05, 3.63) is 53.6 Å². The number of amides is 3. The van der Waals surface area contributed by atoms with E-state index in [2.05, 4.69) is 16.0 Å². The summed E-state index contributed by atoms with van der Waals surface area (Å²) in [5.41, 5.74) is -0.129. The summed E-state index contributed by atoms with van der Waals surface area (Å²) in [7, 11) is 1.80. The Labute approximate surface area is 201 Å². The highest BCUT2D eigenvalue weighted by Gasteiger charge is 2.33. The van der Waals surface area contributed by atoms with Gasteiger partial charge in [0.2, 0.25) is 0 Å². The molecule has 3 amide bonds. The van der Waals surface area contributed by atoms with Gasteiger partial charge in [0.15, 0.2) is 0 Å². The van der Waals surface area contributed by atoms with Gasteiger partial charge in [-0.25, -0.2) is 4.79 Å². The number of aliphatic hydroxyl groups excluding tert-OH is 1. The number of benzene rings is 2. The van der Waals surface area contributed by atoms with Crippen LogP contribution in [0.25, 0.3) is 0 Å². The zero-order valence-corrected chi connectivity index (χ0v) is 19.6. The number of ether oxygens (including phenoxy) is 1. The van der Waals surface area contributed by atoms with Crippen LogP contribution in [0.3, 0.4) is 0 Å². The van der Waals surface area contributed by atoms with Gasteiger partial charge in [0, 0.05) is 30.4 Å². The van der Waals surface area contributed by atoms with Crippen molar-refractivity contribution in [3.63, 3.8) is 0 Å². The van der Waals surface area contributed by atoms with Crippen LogP contribution in [-0.4, -0.2) is 60.8 Å². The summed E-state index contributed by atoms with van der Waals surface area (Å²) < 4.78 is 44.3. The van der Waals surface area contributed by atoms with E-state index in [1.54, 1.807) is 31.0 Å². The van der Waals surface area contributed by atoms with E-state index in [4.69, 9.17) is 4.74 Å². The van der Waals surface area contributed by atoms with Crippen molar-refractivity contribution >= 4 is 23.3 Å². The second kappa shape index (κ2) is 11.0. The molecule has 190 valence electrons. The molecular weight excluding hydrogens is 465 g/mol. The molecule has 0 saturated heterocycles. The Morgan fingerprint density at radius 1 is 1.17 bits per heavy atom. The third-order valence-electron chi connectivity index (χ3n) is 5.80. The van der Waals surface area contributed by atoms with Gasteiger partial charge in [0.05, 0.1) is 23.8 Å². The lowest BCUT2D eigenvalue weighted by atomic mass is 9.99. The topological polar surface area (TPSA) is 103 Å². The van der Waals surface area contributed by atoms with Crippen LogP contribution in [0.15, 0.2) is 42.5 Å². The molecule has 0 fully saturated rings. The van der Waals surface area contributed by atoms with E-state index < -0.39 is 23.8 Å². The minimum atomic E-state index is -4.47. The molecule has 1 aliphatic heterocycles. The van der Waals surface area contributed by atoms with Gasteiger partial charge in [0.1, 0.15) is 11.9 Å². The third-order valence-corrected chi connectivity index (χ3v) is 5.80. The van der Waals surface area contributed by atoms with E-state index in [0.717, 1.165) is 24.3 Å². The van der Waals surface area contributed by atoms with E-state index >= 15 is 0 Å². The average Bonchev–Trinajstić information content (AvgIpc) is 2.81. The van der Waals surface area contributed by atoms with Crippen molar-refractivity contribution in [3.8, 4) is 5.75 Å². The molecule has 8 nitrogen and oxygen atoms in total. The lowest BCUT2D eigenvalue weighted by Crippen LogP contribution is -2.49. The standard InChI is InChI=1S/C24H29F3N4O4/c1-14-12-31(15(2)13-32)22(33)19-10-18(8-9-20(19)35-21(14)11-28-3)30-23(34)29-17-6-4-16(5-7-17)24(25,26)27/h4-10,14-15,21,28,32H,11-13H2,1-3H3,(H2,29,30,34)/t14-,15+,21+/m0/s1. The number of hydrogen-bond acceptors (Lipinski definition) is 5. The van der Waals surface area contributed by atoms with Crippen molar-refractivity contribution in [1.29, 1.82) is 0 Å². The number of halogens is 3. The number of nitrogens with zero attached hydrogens (tertiary/aromatic N) is 1. The monoisotopic (exact) mass is 494 g/mol. The molecule has 0 unspecified atom stereocenters. The minimum absolute atomic E-state index is 0.0131. The Morgan fingerprint density at radius 3 is 2.40 bits per heavy atom. The molecule has 0 aromatic heterocycles. The van der Waals surface area contributed by atoms with Gasteiger partial charge in [-0.3, -0.25) is 4.79 Å². The quantitative estimate of drug-likeness (QED) is 0.490. The van der Waals surface area contributed by atoms with Crippen LogP contribution in [-0.2, 0) is 6.18 Å². The molecule has 0 radical (unpaired) electrons. The first-order valence-electron chi connectivity index (χ1n) is 11.2. The van der Waals surface area contributed by atoms with Gasteiger partial charge in [-0.2, -0.15) is 13.2 Å². The first-order valence-corrected chi connectivity index (χ1v) is 11.2. The molecule has 3 atom stereocenters. The fourth-order valence-corrected chi connectivity index (χ4v) is 3.78. The van der Waals surface area contributed by atoms with E-state index in [-0.39, 0.29) is 35.8 Å². The maximum atomic E-state index is 13.3. The predicted octanol–water partition coefficient (Wildman–Crippen LogP) is 3.79. The first-order chi connectivity index (χ1) is 16.5. The molecule has 1 heterocycles. The van der Waals surface area contributed by atoms with Gasteiger partial charge < -0.3 is 30.7 Å². The Balaban J connectivity index is 1.82. The smallest absolute Gasteiger partial charge is 0.416 e. The molecule has 11 heteroatoms. The Morgan fingerprint density at radius 2 is 1.80 bits per heavy atom. The molecule has 0 saturated carbocycles. The molecular formula is C24H29F3N4O4. The van der Waals surface area contributed by atoms with E-state index in [1.165, 1.54) is 6.07 Å². The number of carbonyl (C=O) groups excluding carboxylic acids is 2. The number of aliphatic hydroxyl groups is 1. The van der Waals surface area contributed by atoms with Crippen LogP contribution in [0, 0.1) is 5.92 Å². The van der Waals surface area contributed by atoms with Crippen molar-refractivity contribution in [2.75, 3.05) is 37.4 Å². The van der Waals surface area contributed by atoms with E-state index in [9.17, 15) is 27.9 Å². The van der Waals surface area contributed by atoms with Crippen LogP contribution >= 0.6 is 0 Å². The van der Waals surface area contributed by atoms with Crippen molar-refractivity contribution in [2.45, 2.75) is 32.2 Å². The number of alkyl halides is 3. The summed E-state index contributed by atoms with van der Waals surface area (Å²) in [5, 5.41) is 17.8. The molecule has 0 aliphatic carbocycles. The normalized spacial score (nSPS) is 19.2. The third kappa shape index (κ3) is 6.43. The Hall–Kier alpha value is -3.31. The van der Waals surface area contributed by atoms with E-state index in [1.807, 2.05) is 6.92 Å². The molecule has 35 heavy (non-hydrogen) atoms. The maximum Gasteiger partial charge on any atom is 0.416 e. The van der Waals surface area contributed by atoms with Crippen molar-refractivity contribution < 1.29 is 32.6 Å². The zero-order chi connectivity index (χ0) is 25.8. The van der Waals surface area contributed by atoms with Gasteiger partial charge in [-0.15, -0.1) is 0 Å². The Bertz CT molecular complexity index is 1050. The fraction of sp³-hybridized carbons (Fsp3) is 0.417. The second-order valence-corrected chi connectivity index (χ2v) is 8.55. The van der Waals surface area contributed by atoms with Crippen LogP contribution in [0.4, 0.5) is 29.3 Å². The van der Waals surface area contributed by atoms with Crippen LogP contribution in [0.5, 0.6) is 5.75 Å². The highest BCUT2D eigenvalue weighted by Crippen LogP contribution is 2.31. The van der Waals surface area contributed by atoms with Gasteiger partial charge in [0.25, 0.3) is 5.91 Å². The summed E-state index contributed by atoms with van der Waals surface area (Å²) >= 11 is 0. The van der Waals surface area contributed by atoms with E-state index in [0.29, 0.717) is 24.5 Å². The fourth-order valence-electron chi connectivity index (χ4n) is 3.78. The molecule has 1 aliphatic rings. The largest absolute Gasteiger partial charge is 0.488 e. The second-order valence-electron chi connectivity index (χ2n) is 8.55. The molecule has 2 aromatic rings. The lowest BCUT2D eigenvalue weighted by Gasteiger charge is -2.37. The molecule has 0 bridgehead atoms. The van der Waals surface area contributed by atoms with Gasteiger partial charge in [-0.1, -0.05) is 6.92 Å². The van der Waals surface area contributed by atoms with Gasteiger partial charge in [-0.05, 0) is 56.4 Å². The number of urea groups is 1. The minimum Gasteiger partial charge on any atom is -0.488 e.